The van der Waals surface area contributed by atoms with Crippen molar-refractivity contribution in [2.75, 3.05) is 6.54 Å². The zero-order valence-electron chi connectivity index (χ0n) is 12.1. The molecule has 1 nitrogen and oxygen atoms in total. The number of aryl methyl sites for hydroxylation is 2. The van der Waals surface area contributed by atoms with Crippen molar-refractivity contribution in [2.45, 2.75) is 58.9 Å². The highest BCUT2D eigenvalue weighted by atomic mass is 14.9. The maximum Gasteiger partial charge on any atom is 0.0351 e. The molecule has 1 aliphatic carbocycles. The van der Waals surface area contributed by atoms with Crippen LogP contribution in [0.1, 0.15) is 61.8 Å². The Morgan fingerprint density at radius 2 is 1.89 bits per heavy atom. The SMILES string of the molecule is CCNC(c1cc(C)ccc1C)C1CCCCC1. The predicted molar refractivity (Wildman–Crippen MR) is 78.9 cm³/mol. The Kier molecular flexibility index (Phi) is 4.82. The van der Waals surface area contributed by atoms with Crippen molar-refractivity contribution in [2.24, 2.45) is 5.92 Å². The molecule has 1 unspecified atom stereocenters. The van der Waals surface area contributed by atoms with Gasteiger partial charge in [0.1, 0.15) is 0 Å². The molecule has 0 spiro atoms. The van der Waals surface area contributed by atoms with Gasteiger partial charge in [0.2, 0.25) is 0 Å². The molecule has 0 heterocycles. The fourth-order valence-corrected chi connectivity index (χ4v) is 3.31. The lowest BCUT2D eigenvalue weighted by Crippen LogP contribution is -2.30. The molecular formula is C17H27N. The molecule has 0 saturated heterocycles. The van der Waals surface area contributed by atoms with E-state index in [-0.39, 0.29) is 0 Å². The Labute approximate surface area is 112 Å². The van der Waals surface area contributed by atoms with E-state index in [0.29, 0.717) is 6.04 Å². The maximum absolute atomic E-state index is 3.74. The molecule has 18 heavy (non-hydrogen) atoms. The van der Waals surface area contributed by atoms with Crippen molar-refractivity contribution in [3.63, 3.8) is 0 Å². The number of rotatable bonds is 4. The van der Waals surface area contributed by atoms with Gasteiger partial charge in [0, 0.05) is 6.04 Å². The van der Waals surface area contributed by atoms with E-state index in [1.165, 1.54) is 48.8 Å². The van der Waals surface area contributed by atoms with Crippen LogP contribution in [0.15, 0.2) is 18.2 Å². The molecule has 100 valence electrons. The summed E-state index contributed by atoms with van der Waals surface area (Å²) >= 11 is 0. The highest BCUT2D eigenvalue weighted by Crippen LogP contribution is 2.35. The molecule has 1 saturated carbocycles. The summed E-state index contributed by atoms with van der Waals surface area (Å²) in [4.78, 5) is 0. The summed E-state index contributed by atoms with van der Waals surface area (Å²) in [5, 5.41) is 3.74. The third kappa shape index (κ3) is 3.14. The molecule has 0 radical (unpaired) electrons. The minimum absolute atomic E-state index is 0.565. The van der Waals surface area contributed by atoms with Crippen LogP contribution in [0.4, 0.5) is 0 Å². The predicted octanol–water partition coefficient (Wildman–Crippen LogP) is 4.53. The van der Waals surface area contributed by atoms with E-state index in [1.54, 1.807) is 0 Å². The molecule has 1 aliphatic rings. The molecule has 1 fully saturated rings. The van der Waals surface area contributed by atoms with Crippen molar-refractivity contribution in [3.8, 4) is 0 Å². The first-order valence-corrected chi connectivity index (χ1v) is 7.53. The van der Waals surface area contributed by atoms with Gasteiger partial charge >= 0.3 is 0 Å². The fourth-order valence-electron chi connectivity index (χ4n) is 3.31. The van der Waals surface area contributed by atoms with Crippen molar-refractivity contribution in [1.82, 2.24) is 5.32 Å². The van der Waals surface area contributed by atoms with Gasteiger partial charge in [-0.05, 0) is 50.3 Å². The van der Waals surface area contributed by atoms with Gasteiger partial charge in [-0.15, -0.1) is 0 Å². The normalized spacial score (nSPS) is 18.8. The van der Waals surface area contributed by atoms with Crippen LogP contribution < -0.4 is 5.32 Å². The van der Waals surface area contributed by atoms with E-state index in [1.807, 2.05) is 0 Å². The molecule has 0 aromatic heterocycles. The Morgan fingerprint density at radius 1 is 1.17 bits per heavy atom. The van der Waals surface area contributed by atoms with Gasteiger partial charge in [0.05, 0.1) is 0 Å². The van der Waals surface area contributed by atoms with Crippen LogP contribution >= 0.6 is 0 Å². The zero-order chi connectivity index (χ0) is 13.0. The van der Waals surface area contributed by atoms with Gasteiger partial charge in [-0.25, -0.2) is 0 Å². The molecular weight excluding hydrogens is 218 g/mol. The van der Waals surface area contributed by atoms with Crippen LogP contribution in [0.25, 0.3) is 0 Å². The van der Waals surface area contributed by atoms with Crippen LogP contribution in [0.5, 0.6) is 0 Å². The van der Waals surface area contributed by atoms with E-state index >= 15 is 0 Å². The standard InChI is InChI=1S/C17H27N/c1-4-18-17(15-8-6-5-7-9-15)16-12-13(2)10-11-14(16)3/h10-12,15,17-18H,4-9H2,1-3H3. The number of nitrogens with one attached hydrogen (secondary N) is 1. The minimum Gasteiger partial charge on any atom is -0.310 e. The first kappa shape index (κ1) is 13.6. The molecule has 0 amide bonds. The van der Waals surface area contributed by atoms with E-state index in [4.69, 9.17) is 0 Å². The molecule has 0 bridgehead atoms. The largest absolute Gasteiger partial charge is 0.310 e. The zero-order valence-corrected chi connectivity index (χ0v) is 12.1. The van der Waals surface area contributed by atoms with Gasteiger partial charge in [-0.2, -0.15) is 0 Å². The number of hydrogen-bond acceptors (Lipinski definition) is 1. The highest BCUT2D eigenvalue weighted by Gasteiger charge is 2.25. The van der Waals surface area contributed by atoms with Gasteiger partial charge < -0.3 is 5.32 Å². The van der Waals surface area contributed by atoms with Crippen LogP contribution in [-0.2, 0) is 0 Å². The Balaban J connectivity index is 2.24. The summed E-state index contributed by atoms with van der Waals surface area (Å²) in [7, 11) is 0. The Bertz CT molecular complexity index is 377. The Hall–Kier alpha value is -0.820. The first-order chi connectivity index (χ1) is 8.72. The Morgan fingerprint density at radius 3 is 2.56 bits per heavy atom. The minimum atomic E-state index is 0.565. The van der Waals surface area contributed by atoms with Crippen LogP contribution in [0.3, 0.4) is 0 Å². The van der Waals surface area contributed by atoms with Crippen LogP contribution in [-0.4, -0.2) is 6.54 Å². The average molecular weight is 245 g/mol. The molecule has 1 aromatic rings. The summed E-state index contributed by atoms with van der Waals surface area (Å²) in [5.41, 5.74) is 4.36. The van der Waals surface area contributed by atoms with Crippen molar-refractivity contribution >= 4 is 0 Å². The summed E-state index contributed by atoms with van der Waals surface area (Å²) in [5.74, 6) is 0.833. The van der Waals surface area contributed by atoms with Crippen LogP contribution in [0, 0.1) is 19.8 Å². The first-order valence-electron chi connectivity index (χ1n) is 7.53. The van der Waals surface area contributed by atoms with E-state index in [9.17, 15) is 0 Å². The third-order valence-electron chi connectivity index (χ3n) is 4.32. The average Bonchev–Trinajstić information content (AvgIpc) is 2.40. The number of benzene rings is 1. The smallest absolute Gasteiger partial charge is 0.0351 e. The highest BCUT2D eigenvalue weighted by molar-refractivity contribution is 5.33. The van der Waals surface area contributed by atoms with Crippen molar-refractivity contribution < 1.29 is 0 Å². The van der Waals surface area contributed by atoms with Gasteiger partial charge in [0.25, 0.3) is 0 Å². The van der Waals surface area contributed by atoms with Crippen molar-refractivity contribution in [3.05, 3.63) is 34.9 Å². The van der Waals surface area contributed by atoms with E-state index in [0.717, 1.165) is 12.5 Å². The van der Waals surface area contributed by atoms with Crippen molar-refractivity contribution in [1.29, 1.82) is 0 Å². The number of hydrogen-bond donors (Lipinski definition) is 1. The lowest BCUT2D eigenvalue weighted by Gasteiger charge is -2.32. The summed E-state index contributed by atoms with van der Waals surface area (Å²) in [6.45, 7) is 7.74. The fraction of sp³-hybridized carbons (Fsp3) is 0.647. The molecule has 0 aliphatic heterocycles. The lowest BCUT2D eigenvalue weighted by molar-refractivity contribution is 0.274. The van der Waals surface area contributed by atoms with Gasteiger partial charge in [0.15, 0.2) is 0 Å². The molecule has 1 atom stereocenters. The monoisotopic (exact) mass is 245 g/mol. The van der Waals surface area contributed by atoms with E-state index < -0.39 is 0 Å². The molecule has 1 heteroatoms. The second kappa shape index (κ2) is 6.38. The van der Waals surface area contributed by atoms with Gasteiger partial charge in [-0.3, -0.25) is 0 Å². The lowest BCUT2D eigenvalue weighted by atomic mass is 9.80. The summed E-state index contributed by atoms with van der Waals surface area (Å²) in [6.07, 6.45) is 7.05. The summed E-state index contributed by atoms with van der Waals surface area (Å²) in [6, 6.07) is 7.45. The summed E-state index contributed by atoms with van der Waals surface area (Å²) < 4.78 is 0. The molecule has 1 aromatic carbocycles. The van der Waals surface area contributed by atoms with Crippen LogP contribution in [0.2, 0.25) is 0 Å². The third-order valence-corrected chi connectivity index (χ3v) is 4.32. The molecule has 1 N–H and O–H groups in total. The maximum atomic E-state index is 3.74. The van der Waals surface area contributed by atoms with Gasteiger partial charge in [-0.1, -0.05) is 49.9 Å². The quantitative estimate of drug-likeness (QED) is 0.821. The second-order valence-corrected chi connectivity index (χ2v) is 5.79. The second-order valence-electron chi connectivity index (χ2n) is 5.79. The molecule has 2 rings (SSSR count). The van der Waals surface area contributed by atoms with E-state index in [2.05, 4.69) is 44.3 Å². The topological polar surface area (TPSA) is 12.0 Å².